The Morgan fingerprint density at radius 2 is 2.14 bits per heavy atom. The minimum absolute atomic E-state index is 0.237. The summed E-state index contributed by atoms with van der Waals surface area (Å²) in [5.41, 5.74) is -0.575. The van der Waals surface area contributed by atoms with Gasteiger partial charge in [-0.3, -0.25) is 0 Å². The normalized spacial score (nSPS) is 27.4. The van der Waals surface area contributed by atoms with Crippen molar-refractivity contribution in [3.8, 4) is 0 Å². The number of nitrogens with one attached hydrogen (secondary N) is 2. The van der Waals surface area contributed by atoms with Gasteiger partial charge in [-0.15, -0.1) is 0 Å². The smallest absolute Gasteiger partial charge is 0.408 e. The molecule has 4 heteroatoms. The second-order valence-corrected chi connectivity index (χ2v) is 5.14. The van der Waals surface area contributed by atoms with Crippen LogP contribution in [0.3, 0.4) is 0 Å². The molecule has 0 aromatic rings. The molecule has 1 atom stereocenters. The van der Waals surface area contributed by atoms with Gasteiger partial charge >= 0.3 is 6.09 Å². The van der Waals surface area contributed by atoms with Gasteiger partial charge in [-0.2, -0.15) is 0 Å². The summed E-state index contributed by atoms with van der Waals surface area (Å²) in [4.78, 5) is 11.5. The monoisotopic (exact) mass is 200 g/mol. The Kier molecular flexibility index (Phi) is 3.04. The summed E-state index contributed by atoms with van der Waals surface area (Å²) < 4.78 is 5.36. The summed E-state index contributed by atoms with van der Waals surface area (Å²) >= 11 is 0. The Morgan fingerprint density at radius 3 is 2.57 bits per heavy atom. The van der Waals surface area contributed by atoms with Crippen LogP contribution in [-0.4, -0.2) is 30.3 Å². The minimum atomic E-state index is -0.338. The molecule has 0 aliphatic carbocycles. The van der Waals surface area contributed by atoms with Gasteiger partial charge in [0.05, 0.1) is 0 Å². The van der Waals surface area contributed by atoms with Crippen LogP contribution in [0, 0.1) is 0 Å². The molecule has 82 valence electrons. The first-order valence-corrected chi connectivity index (χ1v) is 5.03. The van der Waals surface area contributed by atoms with E-state index in [1.807, 2.05) is 27.7 Å². The van der Waals surface area contributed by atoms with Gasteiger partial charge in [0.2, 0.25) is 0 Å². The van der Waals surface area contributed by atoms with Gasteiger partial charge in [0.25, 0.3) is 0 Å². The molecule has 0 spiro atoms. The number of rotatable bonds is 1. The second-order valence-electron chi connectivity index (χ2n) is 5.14. The molecule has 1 aliphatic heterocycles. The standard InChI is InChI=1S/C10H20N2O2/c1-9(2,3)12-8(13)14-10(4)5-6-11-7-10/h11H,5-7H2,1-4H3,(H,12,13)/t10-/m0/s1. The van der Waals surface area contributed by atoms with E-state index < -0.39 is 0 Å². The first kappa shape index (κ1) is 11.3. The van der Waals surface area contributed by atoms with Crippen molar-refractivity contribution in [2.45, 2.75) is 45.3 Å². The van der Waals surface area contributed by atoms with Crippen LogP contribution < -0.4 is 10.6 Å². The number of alkyl carbamates (subject to hydrolysis) is 1. The summed E-state index contributed by atoms with van der Waals surface area (Å²) in [5.74, 6) is 0. The van der Waals surface area contributed by atoms with Crippen molar-refractivity contribution in [2.24, 2.45) is 0 Å². The van der Waals surface area contributed by atoms with Crippen LogP contribution in [0.5, 0.6) is 0 Å². The van der Waals surface area contributed by atoms with E-state index in [1.165, 1.54) is 0 Å². The fraction of sp³-hybridized carbons (Fsp3) is 0.900. The number of ether oxygens (including phenoxy) is 1. The van der Waals surface area contributed by atoms with E-state index in [1.54, 1.807) is 0 Å². The molecule has 0 bridgehead atoms. The minimum Gasteiger partial charge on any atom is -0.442 e. The van der Waals surface area contributed by atoms with Gasteiger partial charge < -0.3 is 15.4 Å². The maximum atomic E-state index is 11.5. The molecular formula is C10H20N2O2. The van der Waals surface area contributed by atoms with Gasteiger partial charge in [0, 0.05) is 18.5 Å². The summed E-state index contributed by atoms with van der Waals surface area (Å²) in [6.45, 7) is 9.41. The molecule has 1 heterocycles. The molecule has 0 saturated carbocycles. The molecule has 0 aromatic carbocycles. The van der Waals surface area contributed by atoms with Crippen LogP contribution in [0.2, 0.25) is 0 Å². The number of carbonyl (C=O) groups excluding carboxylic acids is 1. The first-order valence-electron chi connectivity index (χ1n) is 5.03. The van der Waals surface area contributed by atoms with Gasteiger partial charge in [0.15, 0.2) is 0 Å². The van der Waals surface area contributed by atoms with Crippen molar-refractivity contribution in [1.29, 1.82) is 0 Å². The van der Waals surface area contributed by atoms with Crippen LogP contribution in [0.15, 0.2) is 0 Å². The van der Waals surface area contributed by atoms with Crippen molar-refractivity contribution in [2.75, 3.05) is 13.1 Å². The van der Waals surface area contributed by atoms with Crippen molar-refractivity contribution in [3.05, 3.63) is 0 Å². The maximum absolute atomic E-state index is 11.5. The van der Waals surface area contributed by atoms with Crippen LogP contribution in [-0.2, 0) is 4.74 Å². The van der Waals surface area contributed by atoms with Crippen molar-refractivity contribution < 1.29 is 9.53 Å². The van der Waals surface area contributed by atoms with Gasteiger partial charge in [-0.1, -0.05) is 0 Å². The third kappa shape index (κ3) is 3.54. The van der Waals surface area contributed by atoms with Crippen LogP contribution in [0.1, 0.15) is 34.1 Å². The zero-order chi connectivity index (χ0) is 10.8. The van der Waals surface area contributed by atoms with E-state index >= 15 is 0 Å². The number of carbonyl (C=O) groups is 1. The number of hydrogen-bond donors (Lipinski definition) is 2. The third-order valence-corrected chi connectivity index (χ3v) is 2.15. The molecule has 14 heavy (non-hydrogen) atoms. The summed E-state index contributed by atoms with van der Waals surface area (Å²) in [6, 6.07) is 0. The van der Waals surface area contributed by atoms with E-state index in [9.17, 15) is 4.79 Å². The largest absolute Gasteiger partial charge is 0.442 e. The molecular weight excluding hydrogens is 180 g/mol. The highest BCUT2D eigenvalue weighted by Crippen LogP contribution is 2.19. The Balaban J connectivity index is 2.40. The molecule has 1 aliphatic rings. The number of amides is 1. The molecule has 0 unspecified atom stereocenters. The molecule has 1 amide bonds. The molecule has 2 N–H and O–H groups in total. The fourth-order valence-corrected chi connectivity index (χ4v) is 1.44. The lowest BCUT2D eigenvalue weighted by molar-refractivity contribution is 0.0358. The lowest BCUT2D eigenvalue weighted by Crippen LogP contribution is -2.45. The van der Waals surface area contributed by atoms with E-state index in [0.717, 1.165) is 19.5 Å². The highest BCUT2D eigenvalue weighted by molar-refractivity contribution is 5.68. The Morgan fingerprint density at radius 1 is 1.50 bits per heavy atom. The van der Waals surface area contributed by atoms with E-state index in [-0.39, 0.29) is 17.2 Å². The second kappa shape index (κ2) is 3.77. The Hall–Kier alpha value is -0.770. The SMILES string of the molecule is CC(C)(C)NC(=O)O[C@@]1(C)CCNC1. The average molecular weight is 200 g/mol. The van der Waals surface area contributed by atoms with Gasteiger partial charge in [-0.05, 0) is 34.2 Å². The summed E-state index contributed by atoms with van der Waals surface area (Å²) in [7, 11) is 0. The molecule has 0 aromatic heterocycles. The maximum Gasteiger partial charge on any atom is 0.408 e. The molecule has 4 nitrogen and oxygen atoms in total. The van der Waals surface area contributed by atoms with Crippen molar-refractivity contribution in [1.82, 2.24) is 10.6 Å². The van der Waals surface area contributed by atoms with Crippen molar-refractivity contribution >= 4 is 6.09 Å². The average Bonchev–Trinajstić information content (AvgIpc) is 2.30. The van der Waals surface area contributed by atoms with Crippen LogP contribution >= 0.6 is 0 Å². The number of hydrogen-bond acceptors (Lipinski definition) is 3. The fourth-order valence-electron chi connectivity index (χ4n) is 1.44. The van der Waals surface area contributed by atoms with Crippen molar-refractivity contribution in [3.63, 3.8) is 0 Å². The highest BCUT2D eigenvalue weighted by Gasteiger charge is 2.33. The zero-order valence-electron chi connectivity index (χ0n) is 9.44. The predicted molar refractivity (Wildman–Crippen MR) is 55.3 cm³/mol. The summed E-state index contributed by atoms with van der Waals surface area (Å²) in [6.07, 6.45) is 0.550. The molecule has 1 rings (SSSR count). The Labute approximate surface area is 85.4 Å². The Bertz CT molecular complexity index is 215. The van der Waals surface area contributed by atoms with Gasteiger partial charge in [-0.25, -0.2) is 4.79 Å². The van der Waals surface area contributed by atoms with Crippen LogP contribution in [0.25, 0.3) is 0 Å². The lowest BCUT2D eigenvalue weighted by atomic mass is 10.1. The molecule has 1 fully saturated rings. The summed E-state index contributed by atoms with van der Waals surface area (Å²) in [5, 5.41) is 5.96. The zero-order valence-corrected chi connectivity index (χ0v) is 9.44. The first-order chi connectivity index (χ1) is 6.31. The van der Waals surface area contributed by atoms with E-state index in [0.29, 0.717) is 0 Å². The highest BCUT2D eigenvalue weighted by atomic mass is 16.6. The quantitative estimate of drug-likeness (QED) is 0.670. The lowest BCUT2D eigenvalue weighted by Gasteiger charge is -2.27. The predicted octanol–water partition coefficient (Wildman–Crippen LogP) is 1.26. The van der Waals surface area contributed by atoms with E-state index in [4.69, 9.17) is 4.74 Å². The third-order valence-electron chi connectivity index (χ3n) is 2.15. The topological polar surface area (TPSA) is 50.4 Å². The van der Waals surface area contributed by atoms with E-state index in [2.05, 4.69) is 10.6 Å². The van der Waals surface area contributed by atoms with Gasteiger partial charge in [0.1, 0.15) is 5.60 Å². The molecule has 1 saturated heterocycles. The van der Waals surface area contributed by atoms with Crippen LogP contribution in [0.4, 0.5) is 4.79 Å². The molecule has 0 radical (unpaired) electrons.